The van der Waals surface area contributed by atoms with Crippen molar-refractivity contribution in [3.05, 3.63) is 24.5 Å². The second-order valence-electron chi connectivity index (χ2n) is 6.77. The van der Waals surface area contributed by atoms with Crippen LogP contribution in [0.5, 0.6) is 11.9 Å². The van der Waals surface area contributed by atoms with Crippen LogP contribution in [0, 0.1) is 11.8 Å². The molecule has 2 aromatic heterocycles. The minimum atomic E-state index is -0.365. The predicted molar refractivity (Wildman–Crippen MR) is 90.8 cm³/mol. The maximum absolute atomic E-state index is 10.6. The summed E-state index contributed by atoms with van der Waals surface area (Å²) in [5.41, 5.74) is 0. The summed E-state index contributed by atoms with van der Waals surface area (Å²) in [6, 6.07) is 4.09. The van der Waals surface area contributed by atoms with Crippen molar-refractivity contribution in [3.8, 4) is 11.9 Å². The Balaban J connectivity index is 1.53. The molecule has 8 nitrogen and oxygen atoms in total. The van der Waals surface area contributed by atoms with Crippen LogP contribution in [-0.4, -0.2) is 58.3 Å². The van der Waals surface area contributed by atoms with E-state index < -0.39 is 0 Å². The molecular weight excluding hydrogens is 322 g/mol. The summed E-state index contributed by atoms with van der Waals surface area (Å²) < 4.78 is 12.3. The number of aromatic nitrogens is 4. The first-order valence-corrected chi connectivity index (χ1v) is 8.57. The van der Waals surface area contributed by atoms with Crippen LogP contribution in [0.15, 0.2) is 24.5 Å². The third kappa shape index (κ3) is 3.02. The number of fused-ring (bicyclic) bond motifs is 1. The normalized spacial score (nSPS) is 28.7. The van der Waals surface area contributed by atoms with Crippen LogP contribution in [0.25, 0.3) is 0 Å². The van der Waals surface area contributed by atoms with E-state index in [1.165, 1.54) is 0 Å². The Bertz CT molecular complexity index is 701. The topological polar surface area (TPSA) is 85.5 Å². The summed E-state index contributed by atoms with van der Waals surface area (Å²) in [4.78, 5) is 10.9. The van der Waals surface area contributed by atoms with E-state index >= 15 is 0 Å². The molecule has 1 N–H and O–H groups in total. The van der Waals surface area contributed by atoms with Gasteiger partial charge in [0, 0.05) is 31.5 Å². The fourth-order valence-electron chi connectivity index (χ4n) is 4.11. The van der Waals surface area contributed by atoms with Crippen LogP contribution < -0.4 is 14.4 Å². The van der Waals surface area contributed by atoms with E-state index in [0.717, 1.165) is 31.7 Å². The molecule has 0 spiro atoms. The van der Waals surface area contributed by atoms with Crippen LogP contribution in [0.4, 0.5) is 5.82 Å². The lowest BCUT2D eigenvalue weighted by Gasteiger charge is -2.35. The number of rotatable bonds is 4. The van der Waals surface area contributed by atoms with Gasteiger partial charge in [-0.25, -0.2) is 0 Å². The van der Waals surface area contributed by atoms with Gasteiger partial charge in [-0.05, 0) is 30.7 Å². The molecule has 0 aromatic carbocycles. The number of aliphatic hydroxyl groups excluding tert-OH is 1. The molecule has 2 aliphatic rings. The molecule has 0 radical (unpaired) electrons. The van der Waals surface area contributed by atoms with Gasteiger partial charge in [-0.15, -0.1) is 0 Å². The Hall–Kier alpha value is -2.35. The van der Waals surface area contributed by atoms with Crippen molar-refractivity contribution in [2.24, 2.45) is 11.8 Å². The summed E-state index contributed by atoms with van der Waals surface area (Å²) in [5, 5.41) is 14.9. The van der Waals surface area contributed by atoms with E-state index in [0.29, 0.717) is 23.7 Å². The van der Waals surface area contributed by atoms with Crippen molar-refractivity contribution in [1.29, 1.82) is 0 Å². The minimum absolute atomic E-state index is 0.0469. The number of aliphatic hydroxyl groups is 1. The van der Waals surface area contributed by atoms with Crippen LogP contribution in [0.3, 0.4) is 0 Å². The summed E-state index contributed by atoms with van der Waals surface area (Å²) >= 11 is 0. The highest BCUT2D eigenvalue weighted by Crippen LogP contribution is 2.42. The lowest BCUT2D eigenvalue weighted by Crippen LogP contribution is -2.36. The molecule has 25 heavy (non-hydrogen) atoms. The van der Waals surface area contributed by atoms with Gasteiger partial charge in [-0.1, -0.05) is 0 Å². The fourth-order valence-corrected chi connectivity index (χ4v) is 4.11. The van der Waals surface area contributed by atoms with Gasteiger partial charge in [0.2, 0.25) is 5.88 Å². The van der Waals surface area contributed by atoms with Crippen LogP contribution >= 0.6 is 0 Å². The number of hydrogen-bond donors (Lipinski definition) is 1. The van der Waals surface area contributed by atoms with Crippen molar-refractivity contribution in [2.45, 2.75) is 25.0 Å². The first kappa shape index (κ1) is 16.1. The summed E-state index contributed by atoms with van der Waals surface area (Å²) in [6.45, 7) is 1.77. The summed E-state index contributed by atoms with van der Waals surface area (Å²) in [7, 11) is 3.13. The van der Waals surface area contributed by atoms with E-state index in [1.807, 2.05) is 23.0 Å². The molecule has 134 valence electrons. The second-order valence-corrected chi connectivity index (χ2v) is 6.77. The second kappa shape index (κ2) is 6.51. The molecule has 0 unspecified atom stereocenters. The predicted octanol–water partition coefficient (Wildman–Crippen LogP) is 1.14. The lowest BCUT2D eigenvalue weighted by atomic mass is 9.77. The quantitative estimate of drug-likeness (QED) is 0.889. The molecule has 1 aliphatic carbocycles. The molecule has 0 amide bonds. The van der Waals surface area contributed by atoms with Gasteiger partial charge >= 0.3 is 6.01 Å². The highest BCUT2D eigenvalue weighted by Gasteiger charge is 2.43. The molecule has 1 saturated heterocycles. The van der Waals surface area contributed by atoms with Gasteiger partial charge in [0.1, 0.15) is 5.82 Å². The molecule has 4 rings (SSSR count). The molecule has 1 aliphatic heterocycles. The zero-order valence-electron chi connectivity index (χ0n) is 14.4. The molecule has 2 aromatic rings. The molecule has 2 fully saturated rings. The number of methoxy groups -OCH3 is 2. The Kier molecular flexibility index (Phi) is 4.20. The number of nitrogens with zero attached hydrogens (tertiary/aromatic N) is 5. The number of ether oxygens (including phenoxy) is 2. The Morgan fingerprint density at radius 2 is 1.92 bits per heavy atom. The maximum Gasteiger partial charge on any atom is 0.321 e. The third-order valence-corrected chi connectivity index (χ3v) is 5.36. The van der Waals surface area contributed by atoms with E-state index in [-0.39, 0.29) is 12.1 Å². The Labute approximate surface area is 146 Å². The van der Waals surface area contributed by atoms with E-state index in [4.69, 9.17) is 9.47 Å². The average molecular weight is 345 g/mol. The third-order valence-electron chi connectivity index (χ3n) is 5.36. The van der Waals surface area contributed by atoms with Gasteiger partial charge in [-0.2, -0.15) is 15.1 Å². The number of anilines is 1. The molecule has 8 heteroatoms. The van der Waals surface area contributed by atoms with E-state index in [9.17, 15) is 5.11 Å². The zero-order valence-corrected chi connectivity index (χ0v) is 14.4. The summed E-state index contributed by atoms with van der Waals surface area (Å²) in [5.74, 6) is 2.26. The standard InChI is InChI=1S/C17H23N5O3/c1-24-16-8-15(19-17(20-16)25-2)21-9-11-6-13(22-5-3-4-18-22)14(23)7-12(11)10-21/h3-5,8,11-14,23H,6-7,9-10H2,1-2H3/t11-,12+,13-,14-/m1/s1. The minimum Gasteiger partial charge on any atom is -0.481 e. The van der Waals surface area contributed by atoms with Crippen molar-refractivity contribution in [1.82, 2.24) is 19.7 Å². The highest BCUT2D eigenvalue weighted by atomic mass is 16.5. The van der Waals surface area contributed by atoms with Gasteiger partial charge in [0.25, 0.3) is 0 Å². The molecule has 3 heterocycles. The Morgan fingerprint density at radius 1 is 1.12 bits per heavy atom. The van der Waals surface area contributed by atoms with Crippen molar-refractivity contribution in [3.63, 3.8) is 0 Å². The fraction of sp³-hybridized carbons (Fsp3) is 0.588. The molecular formula is C17H23N5O3. The van der Waals surface area contributed by atoms with Gasteiger partial charge in [-0.3, -0.25) is 4.68 Å². The first-order chi connectivity index (χ1) is 12.2. The monoisotopic (exact) mass is 345 g/mol. The first-order valence-electron chi connectivity index (χ1n) is 8.57. The van der Waals surface area contributed by atoms with E-state index in [1.54, 1.807) is 20.4 Å². The Morgan fingerprint density at radius 3 is 2.60 bits per heavy atom. The van der Waals surface area contributed by atoms with Crippen molar-refractivity contribution >= 4 is 5.82 Å². The molecule has 0 bridgehead atoms. The van der Waals surface area contributed by atoms with Crippen molar-refractivity contribution < 1.29 is 14.6 Å². The van der Waals surface area contributed by atoms with Crippen LogP contribution in [0.2, 0.25) is 0 Å². The van der Waals surface area contributed by atoms with Crippen LogP contribution in [-0.2, 0) is 0 Å². The van der Waals surface area contributed by atoms with E-state index in [2.05, 4.69) is 20.0 Å². The zero-order chi connectivity index (χ0) is 17.4. The smallest absolute Gasteiger partial charge is 0.321 e. The molecule has 4 atom stereocenters. The average Bonchev–Trinajstić information content (AvgIpc) is 3.29. The largest absolute Gasteiger partial charge is 0.481 e. The summed E-state index contributed by atoms with van der Waals surface area (Å²) in [6.07, 6.45) is 5.03. The van der Waals surface area contributed by atoms with Crippen molar-refractivity contribution in [2.75, 3.05) is 32.2 Å². The molecule has 1 saturated carbocycles. The number of hydrogen-bond acceptors (Lipinski definition) is 7. The van der Waals surface area contributed by atoms with Gasteiger partial charge in [0.05, 0.1) is 26.4 Å². The lowest BCUT2D eigenvalue weighted by molar-refractivity contribution is 0.0306. The SMILES string of the molecule is COc1cc(N2C[C@H]3C[C@@H](n4cccn4)[C@H](O)C[C@H]3C2)nc(OC)n1. The maximum atomic E-state index is 10.6. The highest BCUT2D eigenvalue weighted by molar-refractivity contribution is 5.44. The van der Waals surface area contributed by atoms with Gasteiger partial charge in [0.15, 0.2) is 0 Å². The van der Waals surface area contributed by atoms with Gasteiger partial charge < -0.3 is 19.5 Å². The van der Waals surface area contributed by atoms with Crippen LogP contribution in [0.1, 0.15) is 18.9 Å².